The molecule has 0 bridgehead atoms. The molecule has 0 aliphatic heterocycles. The maximum Gasteiger partial charge on any atom is 0.352 e. The zero-order chi connectivity index (χ0) is 22.7. The van der Waals surface area contributed by atoms with Gasteiger partial charge in [0.25, 0.3) is 0 Å². The second kappa shape index (κ2) is 9.41. The minimum absolute atomic E-state index is 0.340. The van der Waals surface area contributed by atoms with Crippen LogP contribution in [0.3, 0.4) is 0 Å². The van der Waals surface area contributed by atoms with Crippen LogP contribution < -0.4 is 5.32 Å². The van der Waals surface area contributed by atoms with E-state index in [2.05, 4.69) is 73.8 Å². The van der Waals surface area contributed by atoms with Crippen molar-refractivity contribution in [1.82, 2.24) is 9.88 Å². The highest BCUT2D eigenvalue weighted by Gasteiger charge is 2.23. The predicted molar refractivity (Wildman–Crippen MR) is 130 cm³/mol. The molecular weight excluding hydrogens is 396 g/mol. The molecule has 3 aromatic carbocycles. The fourth-order valence-electron chi connectivity index (χ4n) is 4.39. The molecule has 0 saturated carbocycles. The van der Waals surface area contributed by atoms with Gasteiger partial charge in [0.15, 0.2) is 0 Å². The Morgan fingerprint density at radius 3 is 2.44 bits per heavy atom. The fraction of sp³-hybridized carbons (Fsp3) is 0.250. The lowest BCUT2D eigenvalue weighted by Gasteiger charge is -2.14. The van der Waals surface area contributed by atoms with E-state index >= 15 is 0 Å². The Labute approximate surface area is 189 Å². The number of aromatic carboxylic acids is 1. The lowest BCUT2D eigenvalue weighted by atomic mass is 10.0. The Hall–Kier alpha value is -3.37. The van der Waals surface area contributed by atoms with Gasteiger partial charge in [0.1, 0.15) is 5.69 Å². The average Bonchev–Trinajstić information content (AvgIpc) is 3.08. The topological polar surface area (TPSA) is 54.3 Å². The Kier molecular flexibility index (Phi) is 6.42. The molecule has 0 aliphatic rings. The minimum atomic E-state index is -0.889. The molecule has 1 heterocycles. The highest BCUT2D eigenvalue weighted by Crippen LogP contribution is 2.29. The molecule has 4 rings (SSSR count). The lowest BCUT2D eigenvalue weighted by Crippen LogP contribution is -2.21. The van der Waals surface area contributed by atoms with E-state index in [4.69, 9.17) is 0 Å². The monoisotopic (exact) mass is 426 g/mol. The maximum absolute atomic E-state index is 12.4. The molecule has 4 heteroatoms. The number of aryl methyl sites for hydroxylation is 2. The minimum Gasteiger partial charge on any atom is -0.477 e. The van der Waals surface area contributed by atoms with Crippen molar-refractivity contribution in [2.45, 2.75) is 39.8 Å². The molecule has 0 unspecified atom stereocenters. The van der Waals surface area contributed by atoms with Crippen LogP contribution in [0.2, 0.25) is 0 Å². The number of fused-ring (bicyclic) bond motifs is 1. The molecule has 0 spiro atoms. The van der Waals surface area contributed by atoms with E-state index < -0.39 is 5.97 Å². The van der Waals surface area contributed by atoms with Crippen LogP contribution in [0.4, 0.5) is 0 Å². The summed E-state index contributed by atoms with van der Waals surface area (Å²) in [5.74, 6) is -0.549. The zero-order valence-electron chi connectivity index (χ0n) is 18.9. The molecule has 0 aliphatic carbocycles. The summed E-state index contributed by atoms with van der Waals surface area (Å²) in [5, 5.41) is 14.7. The lowest BCUT2D eigenvalue weighted by molar-refractivity contribution is 0.0684. The highest BCUT2D eigenvalue weighted by atomic mass is 16.4. The van der Waals surface area contributed by atoms with Gasteiger partial charge in [0.05, 0.1) is 0 Å². The summed E-state index contributed by atoms with van der Waals surface area (Å²) in [6.07, 6.45) is 0. The number of nitrogens with zero attached hydrogens (tertiary/aromatic N) is 1. The Morgan fingerprint density at radius 1 is 1.00 bits per heavy atom. The molecule has 0 radical (unpaired) electrons. The Balaban J connectivity index is 1.69. The van der Waals surface area contributed by atoms with E-state index in [0.717, 1.165) is 39.7 Å². The third kappa shape index (κ3) is 4.46. The van der Waals surface area contributed by atoms with Crippen molar-refractivity contribution in [2.75, 3.05) is 6.54 Å². The van der Waals surface area contributed by atoms with Crippen molar-refractivity contribution in [3.8, 4) is 0 Å². The molecule has 4 nitrogen and oxygen atoms in total. The van der Waals surface area contributed by atoms with E-state index in [9.17, 15) is 9.90 Å². The van der Waals surface area contributed by atoms with Crippen molar-refractivity contribution in [1.29, 1.82) is 0 Å². The molecular formula is C28H30N2O2. The summed E-state index contributed by atoms with van der Waals surface area (Å²) in [7, 11) is 0. The highest BCUT2D eigenvalue weighted by molar-refractivity contribution is 5.98. The number of hydrogen-bond donors (Lipinski definition) is 2. The van der Waals surface area contributed by atoms with Crippen molar-refractivity contribution < 1.29 is 9.90 Å². The summed E-state index contributed by atoms with van der Waals surface area (Å²) < 4.78 is 1.96. The molecule has 32 heavy (non-hydrogen) atoms. The van der Waals surface area contributed by atoms with Gasteiger partial charge in [-0.05, 0) is 48.1 Å². The van der Waals surface area contributed by atoms with Crippen LogP contribution in [0, 0.1) is 13.8 Å². The van der Waals surface area contributed by atoms with Crippen LogP contribution in [0.15, 0.2) is 72.8 Å². The fourth-order valence-corrected chi connectivity index (χ4v) is 4.39. The van der Waals surface area contributed by atoms with Crippen LogP contribution >= 0.6 is 0 Å². The van der Waals surface area contributed by atoms with Crippen molar-refractivity contribution in [2.24, 2.45) is 0 Å². The summed E-state index contributed by atoms with van der Waals surface area (Å²) in [5.41, 5.74) is 6.88. The van der Waals surface area contributed by atoms with Gasteiger partial charge < -0.3 is 15.0 Å². The summed E-state index contributed by atoms with van der Waals surface area (Å²) >= 11 is 0. The number of hydrogen-bond acceptors (Lipinski definition) is 2. The third-order valence-electron chi connectivity index (χ3n) is 6.24. The van der Waals surface area contributed by atoms with Crippen molar-refractivity contribution in [3.05, 3.63) is 106 Å². The molecule has 2 N–H and O–H groups in total. The molecule has 4 aromatic rings. The third-order valence-corrected chi connectivity index (χ3v) is 6.24. The first-order chi connectivity index (χ1) is 15.5. The van der Waals surface area contributed by atoms with Gasteiger partial charge in [0, 0.05) is 36.1 Å². The number of benzene rings is 3. The first kappa shape index (κ1) is 21.8. The SMILES string of the molecule is Cc1ccc2c(CNC[C@H](C)c3ccccc3)c(C(=O)O)n(Cc3ccccc3C)c2c1. The van der Waals surface area contributed by atoms with Crippen LogP contribution in [0.1, 0.15) is 51.1 Å². The van der Waals surface area contributed by atoms with Crippen LogP contribution in [-0.4, -0.2) is 22.2 Å². The van der Waals surface area contributed by atoms with Gasteiger partial charge in [-0.1, -0.05) is 73.7 Å². The molecule has 0 saturated heterocycles. The largest absolute Gasteiger partial charge is 0.477 e. The van der Waals surface area contributed by atoms with Crippen molar-refractivity contribution >= 4 is 16.9 Å². The predicted octanol–water partition coefficient (Wildman–Crippen LogP) is 5.90. The van der Waals surface area contributed by atoms with Gasteiger partial charge in [-0.25, -0.2) is 4.79 Å². The second-order valence-corrected chi connectivity index (χ2v) is 8.61. The number of carboxylic acids is 1. The maximum atomic E-state index is 12.4. The average molecular weight is 427 g/mol. The molecule has 164 valence electrons. The summed E-state index contributed by atoms with van der Waals surface area (Å²) in [6, 6.07) is 24.8. The second-order valence-electron chi connectivity index (χ2n) is 8.61. The van der Waals surface area contributed by atoms with E-state index in [0.29, 0.717) is 24.7 Å². The van der Waals surface area contributed by atoms with E-state index in [1.54, 1.807) is 0 Å². The molecule has 1 aromatic heterocycles. The number of rotatable bonds is 8. The normalized spacial score (nSPS) is 12.2. The standard InChI is InChI=1S/C28H30N2O2/c1-19-13-14-24-25(17-29-16-21(3)22-10-5-4-6-11-22)27(28(31)32)30(26(24)15-19)18-23-12-8-7-9-20(23)2/h4-15,21,29H,16-18H2,1-3H3,(H,31,32)/t21-/m0/s1. The number of carboxylic acid groups (broad SMARTS) is 1. The number of aromatic nitrogens is 1. The smallest absolute Gasteiger partial charge is 0.352 e. The Bertz CT molecular complexity index is 1240. The number of carbonyl (C=O) groups is 1. The molecule has 0 amide bonds. The van der Waals surface area contributed by atoms with Gasteiger partial charge in [-0.15, -0.1) is 0 Å². The van der Waals surface area contributed by atoms with Gasteiger partial charge >= 0.3 is 5.97 Å². The number of nitrogens with one attached hydrogen (secondary N) is 1. The van der Waals surface area contributed by atoms with E-state index in [1.807, 2.05) is 29.7 Å². The summed E-state index contributed by atoms with van der Waals surface area (Å²) in [4.78, 5) is 12.4. The first-order valence-corrected chi connectivity index (χ1v) is 11.1. The molecule has 0 fully saturated rings. The van der Waals surface area contributed by atoms with E-state index in [1.165, 1.54) is 5.56 Å². The van der Waals surface area contributed by atoms with E-state index in [-0.39, 0.29) is 0 Å². The van der Waals surface area contributed by atoms with Crippen LogP contribution in [0.25, 0.3) is 10.9 Å². The Morgan fingerprint density at radius 2 is 1.72 bits per heavy atom. The van der Waals surface area contributed by atoms with Gasteiger partial charge in [-0.3, -0.25) is 0 Å². The van der Waals surface area contributed by atoms with Crippen LogP contribution in [-0.2, 0) is 13.1 Å². The first-order valence-electron chi connectivity index (χ1n) is 11.1. The molecule has 1 atom stereocenters. The van der Waals surface area contributed by atoms with Crippen molar-refractivity contribution in [3.63, 3.8) is 0 Å². The zero-order valence-corrected chi connectivity index (χ0v) is 18.9. The van der Waals surface area contributed by atoms with Gasteiger partial charge in [0.2, 0.25) is 0 Å². The summed E-state index contributed by atoms with van der Waals surface area (Å²) in [6.45, 7) is 8.13. The van der Waals surface area contributed by atoms with Crippen LogP contribution in [0.5, 0.6) is 0 Å². The van der Waals surface area contributed by atoms with Gasteiger partial charge in [-0.2, -0.15) is 0 Å². The quantitative estimate of drug-likeness (QED) is 0.369.